The molecule has 60 valence electrons. The van der Waals surface area contributed by atoms with Gasteiger partial charge in [-0.15, -0.1) is 5.92 Å². The molecule has 0 unspecified atom stereocenters. The van der Waals surface area contributed by atoms with Gasteiger partial charge in [0.25, 0.3) is 0 Å². The SMILES string of the molecule is C=C/C=C\C(=C)C#CC.CC. The van der Waals surface area contributed by atoms with E-state index in [1.165, 1.54) is 0 Å². The second-order valence-corrected chi connectivity index (χ2v) is 1.50. The van der Waals surface area contributed by atoms with Crippen molar-refractivity contribution in [3.05, 3.63) is 37.0 Å². The number of hydrogen-bond acceptors (Lipinski definition) is 0. The van der Waals surface area contributed by atoms with Crippen molar-refractivity contribution in [1.82, 2.24) is 0 Å². The van der Waals surface area contributed by atoms with Gasteiger partial charge in [-0.2, -0.15) is 0 Å². The Bertz CT molecular complexity index is 184. The van der Waals surface area contributed by atoms with Gasteiger partial charge in [0, 0.05) is 5.57 Å². The maximum absolute atomic E-state index is 3.67. The third-order valence-corrected chi connectivity index (χ3v) is 0.719. The molecule has 0 aromatic rings. The molecular weight excluding hydrogens is 132 g/mol. The highest BCUT2D eigenvalue weighted by Crippen LogP contribution is 1.88. The molecule has 0 N–H and O–H groups in total. The van der Waals surface area contributed by atoms with Crippen molar-refractivity contribution in [2.24, 2.45) is 0 Å². The van der Waals surface area contributed by atoms with Gasteiger partial charge in [0.1, 0.15) is 0 Å². The quantitative estimate of drug-likeness (QED) is 0.416. The lowest BCUT2D eigenvalue weighted by Gasteiger charge is -1.78. The maximum atomic E-state index is 3.67. The maximum Gasteiger partial charge on any atom is 0.0173 e. The average Bonchev–Trinajstić information content (AvgIpc) is 2.05. The molecule has 0 nitrogen and oxygen atoms in total. The molecule has 0 aliphatic rings. The molecule has 0 rings (SSSR count). The molecule has 0 aliphatic heterocycles. The summed E-state index contributed by atoms with van der Waals surface area (Å²) in [5.74, 6) is 5.54. The normalized spacial score (nSPS) is 7.18. The van der Waals surface area contributed by atoms with E-state index in [-0.39, 0.29) is 0 Å². The lowest BCUT2D eigenvalue weighted by molar-refractivity contribution is 1.50. The third-order valence-electron chi connectivity index (χ3n) is 0.719. The Kier molecular flexibility index (Phi) is 13.1. The Balaban J connectivity index is 0. The fraction of sp³-hybridized carbons (Fsp3) is 0.273. The van der Waals surface area contributed by atoms with Gasteiger partial charge in [-0.3, -0.25) is 0 Å². The lowest BCUT2D eigenvalue weighted by Crippen LogP contribution is -1.63. The van der Waals surface area contributed by atoms with Gasteiger partial charge in [0.2, 0.25) is 0 Å². The Hall–Kier alpha value is -1.22. The zero-order chi connectivity index (χ0) is 9.11. The van der Waals surface area contributed by atoms with Crippen LogP contribution < -0.4 is 0 Å². The largest absolute Gasteiger partial charge is 0.101 e. The first kappa shape index (κ1) is 12.5. The summed E-state index contributed by atoms with van der Waals surface area (Å²) in [5.41, 5.74) is 0.817. The van der Waals surface area contributed by atoms with Crippen LogP contribution in [-0.2, 0) is 0 Å². The Labute approximate surface area is 70.3 Å². The predicted octanol–water partition coefficient (Wildman–Crippen LogP) is 3.33. The van der Waals surface area contributed by atoms with E-state index < -0.39 is 0 Å². The van der Waals surface area contributed by atoms with Gasteiger partial charge in [0.15, 0.2) is 0 Å². The fourth-order valence-electron chi connectivity index (χ4n) is 0.386. The summed E-state index contributed by atoms with van der Waals surface area (Å²) in [5, 5.41) is 0. The minimum Gasteiger partial charge on any atom is -0.101 e. The van der Waals surface area contributed by atoms with Gasteiger partial charge < -0.3 is 0 Å². The van der Waals surface area contributed by atoms with E-state index in [1.54, 1.807) is 13.0 Å². The predicted molar refractivity (Wildman–Crippen MR) is 53.3 cm³/mol. The van der Waals surface area contributed by atoms with Crippen molar-refractivity contribution in [2.45, 2.75) is 20.8 Å². The second kappa shape index (κ2) is 11.6. The first-order valence-corrected chi connectivity index (χ1v) is 3.72. The summed E-state index contributed by atoms with van der Waals surface area (Å²) in [7, 11) is 0. The van der Waals surface area contributed by atoms with E-state index >= 15 is 0 Å². The van der Waals surface area contributed by atoms with E-state index in [4.69, 9.17) is 0 Å². The zero-order valence-corrected chi connectivity index (χ0v) is 7.65. The first-order valence-electron chi connectivity index (χ1n) is 3.72. The molecule has 0 radical (unpaired) electrons. The van der Waals surface area contributed by atoms with Crippen molar-refractivity contribution >= 4 is 0 Å². The van der Waals surface area contributed by atoms with Crippen LogP contribution in [0.15, 0.2) is 37.0 Å². The molecule has 0 saturated heterocycles. The van der Waals surface area contributed by atoms with E-state index in [2.05, 4.69) is 25.0 Å². The summed E-state index contributed by atoms with van der Waals surface area (Å²) >= 11 is 0. The third kappa shape index (κ3) is 12.1. The van der Waals surface area contributed by atoms with Crippen molar-refractivity contribution in [3.8, 4) is 11.8 Å². The molecule has 0 saturated carbocycles. The molecule has 0 aliphatic carbocycles. The molecule has 11 heavy (non-hydrogen) atoms. The summed E-state index contributed by atoms with van der Waals surface area (Å²) in [6.07, 6.45) is 5.33. The Morgan fingerprint density at radius 1 is 1.36 bits per heavy atom. The number of allylic oxidation sites excluding steroid dienone is 4. The molecule has 0 aromatic heterocycles. The van der Waals surface area contributed by atoms with Gasteiger partial charge in [-0.05, 0) is 13.0 Å². The zero-order valence-electron chi connectivity index (χ0n) is 7.65. The molecular formula is C11H16. The van der Waals surface area contributed by atoms with E-state index in [1.807, 2.05) is 26.0 Å². The molecule has 0 heteroatoms. The summed E-state index contributed by atoms with van der Waals surface area (Å²) in [6.45, 7) is 13.0. The number of rotatable bonds is 2. The minimum absolute atomic E-state index is 0.817. The Morgan fingerprint density at radius 2 is 1.91 bits per heavy atom. The summed E-state index contributed by atoms with van der Waals surface area (Å²) in [4.78, 5) is 0. The highest BCUT2D eigenvalue weighted by Gasteiger charge is 1.72. The lowest BCUT2D eigenvalue weighted by atomic mass is 10.3. The molecule has 0 spiro atoms. The van der Waals surface area contributed by atoms with Crippen LogP contribution in [0.4, 0.5) is 0 Å². The topological polar surface area (TPSA) is 0 Å². The van der Waals surface area contributed by atoms with Crippen LogP contribution in [-0.4, -0.2) is 0 Å². The average molecular weight is 148 g/mol. The van der Waals surface area contributed by atoms with E-state index in [9.17, 15) is 0 Å². The van der Waals surface area contributed by atoms with Crippen LogP contribution in [0.3, 0.4) is 0 Å². The summed E-state index contributed by atoms with van der Waals surface area (Å²) < 4.78 is 0. The van der Waals surface area contributed by atoms with Crippen molar-refractivity contribution in [2.75, 3.05) is 0 Å². The van der Waals surface area contributed by atoms with Gasteiger partial charge in [0.05, 0.1) is 0 Å². The first-order chi connectivity index (χ1) is 5.31. The summed E-state index contributed by atoms with van der Waals surface area (Å²) in [6, 6.07) is 0. The standard InChI is InChI=1S/C9H10.C2H6/c1-4-6-8-9(3)7-5-2;1-2/h4,6,8H,1,3H2,2H3;1-2H3/b8-6-;. The van der Waals surface area contributed by atoms with E-state index in [0.717, 1.165) is 5.57 Å². The van der Waals surface area contributed by atoms with Crippen LogP contribution in [0.5, 0.6) is 0 Å². The van der Waals surface area contributed by atoms with Crippen molar-refractivity contribution in [3.63, 3.8) is 0 Å². The van der Waals surface area contributed by atoms with Crippen molar-refractivity contribution < 1.29 is 0 Å². The van der Waals surface area contributed by atoms with Crippen LogP contribution in [0, 0.1) is 11.8 Å². The smallest absolute Gasteiger partial charge is 0.0173 e. The highest BCUT2D eigenvalue weighted by atomic mass is 13.8. The molecule has 0 amide bonds. The minimum atomic E-state index is 0.817. The molecule has 0 bridgehead atoms. The molecule has 0 fully saturated rings. The van der Waals surface area contributed by atoms with Gasteiger partial charge in [-0.1, -0.05) is 45.1 Å². The van der Waals surface area contributed by atoms with Crippen LogP contribution in [0.1, 0.15) is 20.8 Å². The van der Waals surface area contributed by atoms with E-state index in [0.29, 0.717) is 0 Å². The highest BCUT2D eigenvalue weighted by molar-refractivity contribution is 5.35. The Morgan fingerprint density at radius 3 is 2.27 bits per heavy atom. The van der Waals surface area contributed by atoms with Crippen LogP contribution >= 0.6 is 0 Å². The molecule has 0 heterocycles. The monoisotopic (exact) mass is 148 g/mol. The van der Waals surface area contributed by atoms with Gasteiger partial charge in [-0.25, -0.2) is 0 Å². The number of hydrogen-bond donors (Lipinski definition) is 0. The second-order valence-electron chi connectivity index (χ2n) is 1.50. The van der Waals surface area contributed by atoms with Crippen molar-refractivity contribution in [1.29, 1.82) is 0 Å². The van der Waals surface area contributed by atoms with Crippen LogP contribution in [0.25, 0.3) is 0 Å². The van der Waals surface area contributed by atoms with Gasteiger partial charge >= 0.3 is 0 Å². The molecule has 0 aromatic carbocycles. The molecule has 0 atom stereocenters. The fourth-order valence-corrected chi connectivity index (χ4v) is 0.386. The van der Waals surface area contributed by atoms with Crippen LogP contribution in [0.2, 0.25) is 0 Å².